The summed E-state index contributed by atoms with van der Waals surface area (Å²) in [7, 11) is 0. The van der Waals surface area contributed by atoms with Gasteiger partial charge in [-0.15, -0.1) is 0 Å². The van der Waals surface area contributed by atoms with Crippen LogP contribution in [0.2, 0.25) is 0 Å². The molecule has 1 aliphatic carbocycles. The van der Waals surface area contributed by atoms with Gasteiger partial charge in [0.15, 0.2) is 23.2 Å². The first kappa shape index (κ1) is 23.6. The Morgan fingerprint density at radius 3 is 2.33 bits per heavy atom. The molecule has 6 nitrogen and oxygen atoms in total. The molecule has 2 aromatic rings. The van der Waals surface area contributed by atoms with Gasteiger partial charge in [0, 0.05) is 18.1 Å². The van der Waals surface area contributed by atoms with E-state index >= 15 is 0 Å². The molecule has 0 spiro atoms. The Hall–Kier alpha value is -4.07. The van der Waals surface area contributed by atoms with Gasteiger partial charge >= 0.3 is 5.97 Å². The molecule has 8 heteroatoms. The maximum Gasteiger partial charge on any atom is 0.331 e. The van der Waals surface area contributed by atoms with Crippen LogP contribution < -0.4 is 0 Å². The molecule has 0 fully saturated rings. The number of rotatable bonds is 6. The van der Waals surface area contributed by atoms with Crippen molar-refractivity contribution in [3.05, 3.63) is 88.0 Å². The number of hydrogen-bond donors (Lipinski definition) is 2. The topological polar surface area (TPSA) is 101 Å². The van der Waals surface area contributed by atoms with Crippen LogP contribution in [0.4, 0.5) is 8.78 Å². The highest BCUT2D eigenvalue weighted by molar-refractivity contribution is 6.27. The van der Waals surface area contributed by atoms with Crippen LogP contribution in [0.5, 0.6) is 11.5 Å². The second kappa shape index (κ2) is 9.60. The van der Waals surface area contributed by atoms with Gasteiger partial charge in [0.1, 0.15) is 17.6 Å². The summed E-state index contributed by atoms with van der Waals surface area (Å²) in [6.07, 6.45) is 3.76. The first-order valence-electron chi connectivity index (χ1n) is 9.91. The number of esters is 1. The van der Waals surface area contributed by atoms with Crippen LogP contribution in [0.1, 0.15) is 46.5 Å². The Morgan fingerprint density at radius 1 is 1.03 bits per heavy atom. The fraction of sp³-hybridized carbons (Fsp3) is 0.160. The molecule has 0 saturated heterocycles. The number of fused-ring (bicyclic) bond motifs is 1. The van der Waals surface area contributed by atoms with E-state index in [2.05, 4.69) is 0 Å². The predicted molar refractivity (Wildman–Crippen MR) is 116 cm³/mol. The molecule has 0 heterocycles. The molecule has 0 bridgehead atoms. The van der Waals surface area contributed by atoms with Gasteiger partial charge in [0.05, 0.1) is 11.1 Å². The first-order chi connectivity index (χ1) is 15.6. The molecule has 1 atom stereocenters. The van der Waals surface area contributed by atoms with Crippen molar-refractivity contribution in [1.82, 2.24) is 0 Å². The third kappa shape index (κ3) is 5.23. The number of allylic oxidation sites excluding steroid dienone is 2. The van der Waals surface area contributed by atoms with Gasteiger partial charge in [0.2, 0.25) is 0 Å². The molecule has 1 aliphatic rings. The number of benzene rings is 2. The van der Waals surface area contributed by atoms with Crippen LogP contribution in [0.3, 0.4) is 0 Å². The molecule has 170 valence electrons. The summed E-state index contributed by atoms with van der Waals surface area (Å²) in [5.74, 6) is -5.42. The van der Waals surface area contributed by atoms with E-state index in [-0.39, 0.29) is 28.7 Å². The Kier molecular flexibility index (Phi) is 6.86. The van der Waals surface area contributed by atoms with Crippen LogP contribution >= 0.6 is 0 Å². The van der Waals surface area contributed by atoms with Crippen LogP contribution in [0, 0.1) is 11.6 Å². The molecule has 2 aromatic carbocycles. The van der Waals surface area contributed by atoms with Gasteiger partial charge in [-0.05, 0) is 55.8 Å². The van der Waals surface area contributed by atoms with Gasteiger partial charge in [-0.25, -0.2) is 13.6 Å². The quantitative estimate of drug-likeness (QED) is 0.285. The molecule has 0 aromatic heterocycles. The number of phenolic OH excluding ortho intramolecular Hbond substituents is 2. The number of Topliss-reactive ketones (excluding diaryl/α,β-unsaturated/α-hetero) is 1. The zero-order valence-electron chi connectivity index (χ0n) is 17.8. The lowest BCUT2D eigenvalue weighted by atomic mass is 9.85. The number of hydrogen-bond acceptors (Lipinski definition) is 6. The van der Waals surface area contributed by atoms with Crippen molar-refractivity contribution in [2.24, 2.45) is 0 Å². The van der Waals surface area contributed by atoms with E-state index in [4.69, 9.17) is 4.74 Å². The predicted octanol–water partition coefficient (Wildman–Crippen LogP) is 4.66. The average Bonchev–Trinajstić information content (AvgIpc) is 2.76. The average molecular weight is 454 g/mol. The zero-order chi connectivity index (χ0) is 24.3. The number of carbonyl (C=O) groups is 3. The minimum Gasteiger partial charge on any atom is -0.507 e. The summed E-state index contributed by atoms with van der Waals surface area (Å²) >= 11 is 0. The Labute approximate surface area is 188 Å². The fourth-order valence-corrected chi connectivity index (χ4v) is 3.26. The van der Waals surface area contributed by atoms with E-state index in [1.807, 2.05) is 0 Å². The molecule has 0 aliphatic heterocycles. The Bertz CT molecular complexity index is 1240. The minimum absolute atomic E-state index is 0.0624. The van der Waals surface area contributed by atoms with Crippen molar-refractivity contribution in [1.29, 1.82) is 0 Å². The third-order valence-electron chi connectivity index (χ3n) is 4.88. The van der Waals surface area contributed by atoms with Crippen LogP contribution in [-0.4, -0.2) is 33.9 Å². The molecular formula is C25H20F2O6. The summed E-state index contributed by atoms with van der Waals surface area (Å²) in [5, 5.41) is 20.1. The van der Waals surface area contributed by atoms with E-state index in [1.165, 1.54) is 12.1 Å². The molecule has 0 saturated carbocycles. The van der Waals surface area contributed by atoms with Crippen LogP contribution in [0.15, 0.2) is 59.7 Å². The van der Waals surface area contributed by atoms with Gasteiger partial charge in [0.25, 0.3) is 0 Å². The number of ketones is 2. The van der Waals surface area contributed by atoms with Crippen molar-refractivity contribution in [3.63, 3.8) is 0 Å². The standard InChI is InChI=1S/C25H20F2O6/c1-13(2)3-9-21(33-22(31)10-5-14-4-6-16(26)17(27)11-14)15-12-20(30)23-18(28)7-8-19(29)24(23)25(15)32/h3-8,10-12,21,28-29H,9H2,1-2H3/b10-5+. The Morgan fingerprint density at radius 2 is 1.70 bits per heavy atom. The largest absolute Gasteiger partial charge is 0.507 e. The number of phenols is 2. The van der Waals surface area contributed by atoms with Crippen molar-refractivity contribution in [3.8, 4) is 11.5 Å². The first-order valence-corrected chi connectivity index (χ1v) is 9.91. The molecule has 33 heavy (non-hydrogen) atoms. The highest BCUT2D eigenvalue weighted by Gasteiger charge is 2.35. The van der Waals surface area contributed by atoms with E-state index in [0.717, 1.165) is 42.0 Å². The van der Waals surface area contributed by atoms with Crippen molar-refractivity contribution >= 4 is 23.6 Å². The smallest absolute Gasteiger partial charge is 0.331 e. The Balaban J connectivity index is 1.90. The summed E-state index contributed by atoms with van der Waals surface area (Å²) in [6, 6.07) is 5.26. The lowest BCUT2D eigenvalue weighted by molar-refractivity contribution is -0.140. The fourth-order valence-electron chi connectivity index (χ4n) is 3.26. The summed E-state index contributed by atoms with van der Waals surface area (Å²) in [6.45, 7) is 3.59. The highest BCUT2D eigenvalue weighted by atomic mass is 19.2. The van der Waals surface area contributed by atoms with E-state index in [9.17, 15) is 33.4 Å². The van der Waals surface area contributed by atoms with E-state index in [1.54, 1.807) is 19.9 Å². The second-order valence-corrected chi connectivity index (χ2v) is 7.60. The zero-order valence-corrected chi connectivity index (χ0v) is 17.8. The second-order valence-electron chi connectivity index (χ2n) is 7.60. The number of aromatic hydroxyl groups is 2. The van der Waals surface area contributed by atoms with Crippen molar-refractivity contribution in [2.75, 3.05) is 0 Å². The summed E-state index contributed by atoms with van der Waals surface area (Å²) < 4.78 is 31.8. The lowest BCUT2D eigenvalue weighted by Gasteiger charge is -2.23. The molecule has 1 unspecified atom stereocenters. The number of carbonyl (C=O) groups excluding carboxylic acids is 3. The molecule has 2 N–H and O–H groups in total. The maximum atomic E-state index is 13.3. The molecule has 0 radical (unpaired) electrons. The molecule has 3 rings (SSSR count). The monoisotopic (exact) mass is 454 g/mol. The highest BCUT2D eigenvalue weighted by Crippen LogP contribution is 2.36. The number of ether oxygens (including phenoxy) is 1. The van der Waals surface area contributed by atoms with Crippen molar-refractivity contribution < 1.29 is 38.1 Å². The number of halogens is 2. The van der Waals surface area contributed by atoms with E-state index in [0.29, 0.717) is 0 Å². The normalized spacial score (nSPS) is 14.0. The van der Waals surface area contributed by atoms with Gasteiger partial charge in [-0.2, -0.15) is 0 Å². The SMILES string of the molecule is CC(C)=CCC(OC(=O)/C=C/c1ccc(F)c(F)c1)C1=CC(=O)c2c(O)ccc(O)c2C1=O. The maximum absolute atomic E-state index is 13.3. The molecular weight excluding hydrogens is 434 g/mol. The van der Waals surface area contributed by atoms with E-state index < -0.39 is 46.8 Å². The van der Waals surface area contributed by atoms with Crippen LogP contribution in [-0.2, 0) is 9.53 Å². The van der Waals surface area contributed by atoms with Gasteiger partial charge < -0.3 is 14.9 Å². The summed E-state index contributed by atoms with van der Waals surface area (Å²) in [4.78, 5) is 38.0. The molecule has 0 amide bonds. The van der Waals surface area contributed by atoms with Crippen LogP contribution in [0.25, 0.3) is 6.08 Å². The minimum atomic E-state index is -1.17. The van der Waals surface area contributed by atoms with Gasteiger partial charge in [-0.3, -0.25) is 9.59 Å². The third-order valence-corrected chi connectivity index (χ3v) is 4.88. The lowest BCUT2D eigenvalue weighted by Crippen LogP contribution is -2.28. The summed E-state index contributed by atoms with van der Waals surface area (Å²) in [5.41, 5.74) is 0.219. The van der Waals surface area contributed by atoms with Gasteiger partial charge in [-0.1, -0.05) is 17.7 Å². The van der Waals surface area contributed by atoms with Crippen molar-refractivity contribution in [2.45, 2.75) is 26.4 Å².